The van der Waals surface area contributed by atoms with Crippen molar-refractivity contribution >= 4 is 11.9 Å². The molecule has 1 aliphatic heterocycles. The summed E-state index contributed by atoms with van der Waals surface area (Å²) in [5.74, 6) is -1.16. The second-order valence-electron chi connectivity index (χ2n) is 6.07. The Morgan fingerprint density at radius 2 is 1.85 bits per heavy atom. The van der Waals surface area contributed by atoms with Crippen molar-refractivity contribution in [2.45, 2.75) is 56.3 Å². The highest BCUT2D eigenvalue weighted by Crippen LogP contribution is 2.33. The van der Waals surface area contributed by atoms with E-state index in [1.807, 2.05) is 14.1 Å². The first-order chi connectivity index (χ1) is 9.44. The molecule has 6 heteroatoms. The average molecular weight is 284 g/mol. The number of carboxylic acid groups (broad SMARTS) is 1. The number of likely N-dealkylation sites (N-methyl/N-ethyl adjacent to an activating group) is 1. The summed E-state index contributed by atoms with van der Waals surface area (Å²) in [5, 5.41) is 11.8. The van der Waals surface area contributed by atoms with Crippen molar-refractivity contribution in [3.8, 4) is 0 Å². The van der Waals surface area contributed by atoms with Crippen LogP contribution >= 0.6 is 0 Å². The number of carboxylic acids is 1. The van der Waals surface area contributed by atoms with Gasteiger partial charge in [-0.1, -0.05) is 12.8 Å². The van der Waals surface area contributed by atoms with Crippen molar-refractivity contribution in [2.75, 3.05) is 20.6 Å². The maximum Gasteiger partial charge on any atom is 0.332 e. The summed E-state index contributed by atoms with van der Waals surface area (Å²) in [6.45, 7) is 0.608. The molecule has 114 valence electrons. The maximum atomic E-state index is 12.1. The van der Waals surface area contributed by atoms with E-state index in [0.717, 1.165) is 12.8 Å². The molecule has 0 radical (unpaired) electrons. The Kier molecular flexibility index (Phi) is 4.65. The van der Waals surface area contributed by atoms with E-state index in [1.165, 1.54) is 12.8 Å². The molecular formula is C14H24N2O4. The van der Waals surface area contributed by atoms with Crippen LogP contribution in [-0.2, 0) is 14.3 Å². The van der Waals surface area contributed by atoms with Crippen LogP contribution in [0.2, 0.25) is 0 Å². The number of nitrogens with zero attached hydrogens (tertiary/aromatic N) is 1. The minimum absolute atomic E-state index is 0.0421. The van der Waals surface area contributed by atoms with Crippen molar-refractivity contribution in [3.63, 3.8) is 0 Å². The van der Waals surface area contributed by atoms with Gasteiger partial charge in [0.2, 0.25) is 5.91 Å². The molecule has 1 heterocycles. The Morgan fingerprint density at radius 3 is 2.35 bits per heavy atom. The number of rotatable bonds is 5. The minimum Gasteiger partial charge on any atom is -0.479 e. The zero-order chi connectivity index (χ0) is 14.8. The van der Waals surface area contributed by atoms with E-state index in [0.29, 0.717) is 19.4 Å². The van der Waals surface area contributed by atoms with Crippen LogP contribution in [0.4, 0.5) is 0 Å². The van der Waals surface area contributed by atoms with E-state index in [-0.39, 0.29) is 11.4 Å². The number of nitrogens with one attached hydrogen (secondary N) is 1. The molecule has 2 N–H and O–H groups in total. The molecule has 6 nitrogen and oxygen atoms in total. The molecule has 2 unspecified atom stereocenters. The van der Waals surface area contributed by atoms with Gasteiger partial charge in [-0.25, -0.2) is 4.79 Å². The number of hydrogen-bond acceptors (Lipinski definition) is 4. The highest BCUT2D eigenvalue weighted by molar-refractivity contribution is 5.82. The second kappa shape index (κ2) is 6.10. The van der Waals surface area contributed by atoms with Crippen LogP contribution in [0.3, 0.4) is 0 Å². The molecule has 2 aliphatic rings. The molecule has 2 atom stereocenters. The number of aliphatic carboxylic acids is 1. The Balaban J connectivity index is 1.85. The van der Waals surface area contributed by atoms with Crippen molar-refractivity contribution in [2.24, 2.45) is 0 Å². The first kappa shape index (κ1) is 15.3. The van der Waals surface area contributed by atoms with E-state index in [1.54, 1.807) is 0 Å². The molecule has 20 heavy (non-hydrogen) atoms. The molecule has 1 saturated carbocycles. The van der Waals surface area contributed by atoms with E-state index in [9.17, 15) is 9.59 Å². The highest BCUT2D eigenvalue weighted by Gasteiger charge is 2.38. The summed E-state index contributed by atoms with van der Waals surface area (Å²) in [7, 11) is 4.09. The molecule has 1 aliphatic carbocycles. The van der Waals surface area contributed by atoms with Gasteiger partial charge in [0.05, 0.1) is 0 Å². The van der Waals surface area contributed by atoms with Gasteiger partial charge in [0.15, 0.2) is 6.10 Å². The number of carbonyl (C=O) groups excluding carboxylic acids is 1. The van der Waals surface area contributed by atoms with E-state index < -0.39 is 18.2 Å². The molecule has 2 fully saturated rings. The standard InChI is InChI=1S/C14H24N2O4/c1-16(2)14(7-3-4-8-14)9-15-12(17)10-5-6-11(20-10)13(18)19/h10-11H,3-9H2,1-2H3,(H,15,17)(H,18,19). The topological polar surface area (TPSA) is 78.9 Å². The molecule has 0 spiro atoms. The highest BCUT2D eigenvalue weighted by atomic mass is 16.5. The SMILES string of the molecule is CN(C)C1(CNC(=O)C2CCC(C(=O)O)O2)CCCC1. The van der Waals surface area contributed by atoms with Crippen LogP contribution in [0.25, 0.3) is 0 Å². The number of carbonyl (C=O) groups is 2. The lowest BCUT2D eigenvalue weighted by Gasteiger charge is -2.36. The van der Waals surface area contributed by atoms with Crippen LogP contribution in [0.15, 0.2) is 0 Å². The molecule has 0 aromatic carbocycles. The fourth-order valence-electron chi connectivity index (χ4n) is 3.19. The van der Waals surface area contributed by atoms with E-state index in [2.05, 4.69) is 10.2 Å². The Hall–Kier alpha value is -1.14. The van der Waals surface area contributed by atoms with Gasteiger partial charge in [-0.2, -0.15) is 0 Å². The third-order valence-electron chi connectivity index (χ3n) is 4.66. The van der Waals surface area contributed by atoms with Crippen LogP contribution in [-0.4, -0.2) is 60.3 Å². The van der Waals surface area contributed by atoms with Crippen molar-refractivity contribution in [1.82, 2.24) is 10.2 Å². The van der Waals surface area contributed by atoms with Crippen LogP contribution < -0.4 is 5.32 Å². The smallest absolute Gasteiger partial charge is 0.332 e. The molecular weight excluding hydrogens is 260 g/mol. The van der Waals surface area contributed by atoms with Gasteiger partial charge in [0.25, 0.3) is 0 Å². The Bertz CT molecular complexity index is 377. The van der Waals surface area contributed by atoms with Crippen LogP contribution in [0, 0.1) is 0 Å². The molecule has 0 aromatic heterocycles. The number of ether oxygens (including phenoxy) is 1. The quantitative estimate of drug-likeness (QED) is 0.773. The normalized spacial score (nSPS) is 28.8. The first-order valence-electron chi connectivity index (χ1n) is 7.28. The average Bonchev–Trinajstić information content (AvgIpc) is 3.06. The van der Waals surface area contributed by atoms with Crippen molar-refractivity contribution in [1.29, 1.82) is 0 Å². The molecule has 1 amide bonds. The first-order valence-corrected chi connectivity index (χ1v) is 7.28. The third kappa shape index (κ3) is 3.12. The minimum atomic E-state index is -0.985. The van der Waals surface area contributed by atoms with Gasteiger partial charge in [-0.15, -0.1) is 0 Å². The van der Waals surface area contributed by atoms with E-state index in [4.69, 9.17) is 9.84 Å². The fourth-order valence-corrected chi connectivity index (χ4v) is 3.19. The van der Waals surface area contributed by atoms with Crippen molar-refractivity contribution in [3.05, 3.63) is 0 Å². The maximum absolute atomic E-state index is 12.1. The van der Waals surface area contributed by atoms with Gasteiger partial charge in [0, 0.05) is 12.1 Å². The molecule has 0 bridgehead atoms. The largest absolute Gasteiger partial charge is 0.479 e. The van der Waals surface area contributed by atoms with Gasteiger partial charge < -0.3 is 20.1 Å². The van der Waals surface area contributed by atoms with Gasteiger partial charge in [-0.05, 0) is 39.8 Å². The number of hydrogen-bond donors (Lipinski definition) is 2. The van der Waals surface area contributed by atoms with Crippen LogP contribution in [0.1, 0.15) is 38.5 Å². The molecule has 2 rings (SSSR count). The van der Waals surface area contributed by atoms with Gasteiger partial charge >= 0.3 is 5.97 Å². The zero-order valence-electron chi connectivity index (χ0n) is 12.2. The summed E-state index contributed by atoms with van der Waals surface area (Å²) in [6.07, 6.45) is 4.00. The summed E-state index contributed by atoms with van der Waals surface area (Å²) < 4.78 is 5.27. The van der Waals surface area contributed by atoms with E-state index >= 15 is 0 Å². The third-order valence-corrected chi connectivity index (χ3v) is 4.66. The lowest BCUT2D eigenvalue weighted by atomic mass is 9.96. The lowest BCUT2D eigenvalue weighted by Crippen LogP contribution is -2.52. The predicted molar refractivity (Wildman–Crippen MR) is 73.4 cm³/mol. The van der Waals surface area contributed by atoms with Crippen LogP contribution in [0.5, 0.6) is 0 Å². The fraction of sp³-hybridized carbons (Fsp3) is 0.857. The summed E-state index contributed by atoms with van der Waals surface area (Å²) >= 11 is 0. The second-order valence-corrected chi connectivity index (χ2v) is 6.07. The monoisotopic (exact) mass is 284 g/mol. The molecule has 0 aromatic rings. The van der Waals surface area contributed by atoms with Crippen molar-refractivity contribution < 1.29 is 19.4 Å². The zero-order valence-corrected chi connectivity index (χ0v) is 12.2. The summed E-state index contributed by atoms with van der Waals surface area (Å²) in [5.41, 5.74) is 0.0421. The predicted octanol–water partition coefficient (Wildman–Crippen LogP) is 0.609. The number of amides is 1. The summed E-state index contributed by atoms with van der Waals surface area (Å²) in [4.78, 5) is 25.1. The summed E-state index contributed by atoms with van der Waals surface area (Å²) in [6, 6.07) is 0. The van der Waals surface area contributed by atoms with Gasteiger partial charge in [0.1, 0.15) is 6.10 Å². The van der Waals surface area contributed by atoms with Gasteiger partial charge in [-0.3, -0.25) is 4.79 Å². The lowest BCUT2D eigenvalue weighted by molar-refractivity contribution is -0.151. The molecule has 1 saturated heterocycles. The Labute approximate surface area is 119 Å². The Morgan fingerprint density at radius 1 is 1.25 bits per heavy atom.